The van der Waals surface area contributed by atoms with E-state index < -0.39 is 0 Å². The molecule has 9 heavy (non-hydrogen) atoms. The van der Waals surface area contributed by atoms with Crippen LogP contribution in [0.25, 0.3) is 0 Å². The van der Waals surface area contributed by atoms with Crippen molar-refractivity contribution < 1.29 is 4.74 Å². The lowest BCUT2D eigenvalue weighted by Crippen LogP contribution is -2.07. The molecule has 2 atom stereocenters. The van der Waals surface area contributed by atoms with E-state index in [2.05, 4.69) is 27.7 Å². The van der Waals surface area contributed by atoms with Gasteiger partial charge in [-0.05, 0) is 11.8 Å². The predicted molar refractivity (Wildman–Crippen MR) is 38.3 cm³/mol. The number of rotatable bonds is 2. The first-order chi connectivity index (χ1) is 4.13. The molecule has 0 aromatic heterocycles. The third-order valence-corrected chi connectivity index (χ3v) is 1.88. The van der Waals surface area contributed by atoms with Gasteiger partial charge in [0.2, 0.25) is 0 Å². The van der Waals surface area contributed by atoms with Crippen LogP contribution >= 0.6 is 0 Å². The molecule has 0 spiro atoms. The Morgan fingerprint density at radius 3 is 1.33 bits per heavy atom. The molecule has 1 heteroatoms. The molecule has 54 valence electrons. The number of hydrogen-bond donors (Lipinski definition) is 0. The molecule has 1 nitrogen and oxygen atoms in total. The van der Waals surface area contributed by atoms with Crippen LogP contribution in [0.15, 0.2) is 0 Å². The standard InChI is InChI=1S/C8H16O/c1-5(2)7-8(9-7)6(3)4/h5-8H,1-4H3/t7-,8-/m0/s1. The van der Waals surface area contributed by atoms with Crippen molar-refractivity contribution in [2.24, 2.45) is 11.8 Å². The van der Waals surface area contributed by atoms with E-state index in [1.165, 1.54) is 0 Å². The van der Waals surface area contributed by atoms with Gasteiger partial charge in [0.25, 0.3) is 0 Å². The maximum Gasteiger partial charge on any atom is 0.0867 e. The van der Waals surface area contributed by atoms with E-state index in [0.717, 1.165) is 0 Å². The first-order valence-corrected chi connectivity index (χ1v) is 3.78. The molecule has 0 radical (unpaired) electrons. The lowest BCUT2D eigenvalue weighted by Gasteiger charge is -1.99. The minimum absolute atomic E-state index is 0.560. The van der Waals surface area contributed by atoms with Crippen LogP contribution in [-0.2, 0) is 4.74 Å². The summed E-state index contributed by atoms with van der Waals surface area (Å²) in [5.74, 6) is 1.41. The van der Waals surface area contributed by atoms with Gasteiger partial charge in [-0.1, -0.05) is 27.7 Å². The zero-order valence-corrected chi connectivity index (χ0v) is 6.72. The van der Waals surface area contributed by atoms with Crippen LogP contribution in [-0.4, -0.2) is 12.2 Å². The predicted octanol–water partition coefficient (Wildman–Crippen LogP) is 2.07. The van der Waals surface area contributed by atoms with E-state index in [1.54, 1.807) is 0 Å². The largest absolute Gasteiger partial charge is 0.369 e. The monoisotopic (exact) mass is 128 g/mol. The molecule has 1 fully saturated rings. The summed E-state index contributed by atoms with van der Waals surface area (Å²) in [6, 6.07) is 0. The highest BCUT2D eigenvalue weighted by Gasteiger charge is 2.42. The summed E-state index contributed by atoms with van der Waals surface area (Å²) < 4.78 is 5.44. The first-order valence-electron chi connectivity index (χ1n) is 3.78. The Morgan fingerprint density at radius 2 is 1.22 bits per heavy atom. The number of ether oxygens (including phenoxy) is 1. The smallest absolute Gasteiger partial charge is 0.0867 e. The van der Waals surface area contributed by atoms with E-state index in [9.17, 15) is 0 Å². The molecule has 0 aromatic carbocycles. The molecule has 1 aliphatic rings. The summed E-state index contributed by atoms with van der Waals surface area (Å²) in [5.41, 5.74) is 0. The van der Waals surface area contributed by atoms with Crippen LogP contribution in [0.3, 0.4) is 0 Å². The topological polar surface area (TPSA) is 12.5 Å². The van der Waals surface area contributed by atoms with E-state index in [1.807, 2.05) is 0 Å². The summed E-state index contributed by atoms with van der Waals surface area (Å²) in [5, 5.41) is 0. The average Bonchev–Trinajstić information content (AvgIpc) is 2.39. The third kappa shape index (κ3) is 1.45. The Bertz CT molecular complexity index is 84.7. The number of hydrogen-bond acceptors (Lipinski definition) is 1. The van der Waals surface area contributed by atoms with Gasteiger partial charge in [-0.3, -0.25) is 0 Å². The molecule has 0 bridgehead atoms. The molecule has 0 N–H and O–H groups in total. The fraction of sp³-hybridized carbons (Fsp3) is 1.00. The van der Waals surface area contributed by atoms with Gasteiger partial charge in [0.15, 0.2) is 0 Å². The van der Waals surface area contributed by atoms with Gasteiger partial charge in [-0.25, -0.2) is 0 Å². The fourth-order valence-corrected chi connectivity index (χ4v) is 1.21. The second kappa shape index (κ2) is 2.30. The van der Waals surface area contributed by atoms with Gasteiger partial charge >= 0.3 is 0 Å². The van der Waals surface area contributed by atoms with Crippen LogP contribution in [0.2, 0.25) is 0 Å². The maximum atomic E-state index is 5.44. The van der Waals surface area contributed by atoms with Gasteiger partial charge in [-0.2, -0.15) is 0 Å². The molecule has 0 aromatic rings. The Labute approximate surface area is 57.4 Å². The Balaban J connectivity index is 2.24. The van der Waals surface area contributed by atoms with Gasteiger partial charge < -0.3 is 4.74 Å². The third-order valence-electron chi connectivity index (χ3n) is 1.88. The first kappa shape index (κ1) is 7.07. The van der Waals surface area contributed by atoms with E-state index in [0.29, 0.717) is 24.0 Å². The van der Waals surface area contributed by atoms with Crippen LogP contribution < -0.4 is 0 Å². The molecule has 1 heterocycles. The Kier molecular flexibility index (Phi) is 1.80. The fourth-order valence-electron chi connectivity index (χ4n) is 1.21. The van der Waals surface area contributed by atoms with Gasteiger partial charge in [0.05, 0.1) is 12.2 Å². The molecule has 0 saturated carbocycles. The van der Waals surface area contributed by atoms with Crippen LogP contribution in [0.5, 0.6) is 0 Å². The molecule has 0 aliphatic carbocycles. The Morgan fingerprint density at radius 1 is 0.889 bits per heavy atom. The Hall–Kier alpha value is -0.0400. The molecule has 1 saturated heterocycles. The zero-order chi connectivity index (χ0) is 7.02. The van der Waals surface area contributed by atoms with Crippen molar-refractivity contribution in [3.63, 3.8) is 0 Å². The highest BCUT2D eigenvalue weighted by Crippen LogP contribution is 2.34. The lowest BCUT2D eigenvalue weighted by atomic mass is 10.0. The minimum atomic E-state index is 0.560. The van der Waals surface area contributed by atoms with E-state index in [-0.39, 0.29) is 0 Å². The van der Waals surface area contributed by atoms with Crippen molar-refractivity contribution in [2.75, 3.05) is 0 Å². The van der Waals surface area contributed by atoms with E-state index >= 15 is 0 Å². The van der Waals surface area contributed by atoms with Crippen molar-refractivity contribution in [3.05, 3.63) is 0 Å². The minimum Gasteiger partial charge on any atom is -0.369 e. The van der Waals surface area contributed by atoms with Crippen LogP contribution in [0, 0.1) is 11.8 Å². The summed E-state index contributed by atoms with van der Waals surface area (Å²) in [6.07, 6.45) is 1.12. The average molecular weight is 128 g/mol. The van der Waals surface area contributed by atoms with E-state index in [4.69, 9.17) is 4.74 Å². The van der Waals surface area contributed by atoms with Crippen molar-refractivity contribution in [1.29, 1.82) is 0 Å². The number of epoxide rings is 1. The summed E-state index contributed by atoms with van der Waals surface area (Å²) in [4.78, 5) is 0. The van der Waals surface area contributed by atoms with Gasteiger partial charge in [-0.15, -0.1) is 0 Å². The highest BCUT2D eigenvalue weighted by atomic mass is 16.6. The van der Waals surface area contributed by atoms with Crippen molar-refractivity contribution in [2.45, 2.75) is 39.9 Å². The molecule has 1 rings (SSSR count). The quantitative estimate of drug-likeness (QED) is 0.519. The molecule has 1 aliphatic heterocycles. The maximum absolute atomic E-state index is 5.44. The van der Waals surface area contributed by atoms with Crippen molar-refractivity contribution in [1.82, 2.24) is 0 Å². The summed E-state index contributed by atoms with van der Waals surface area (Å²) in [7, 11) is 0. The highest BCUT2D eigenvalue weighted by molar-refractivity contribution is 4.88. The van der Waals surface area contributed by atoms with Crippen molar-refractivity contribution >= 4 is 0 Å². The molecule has 0 unspecified atom stereocenters. The van der Waals surface area contributed by atoms with Crippen LogP contribution in [0.1, 0.15) is 27.7 Å². The van der Waals surface area contributed by atoms with Crippen molar-refractivity contribution in [3.8, 4) is 0 Å². The molecular weight excluding hydrogens is 112 g/mol. The SMILES string of the molecule is CC(C)[C@@H]1O[C@H]1C(C)C. The normalized spacial score (nSPS) is 34.0. The van der Waals surface area contributed by atoms with Crippen LogP contribution in [0.4, 0.5) is 0 Å². The summed E-state index contributed by atoms with van der Waals surface area (Å²) in [6.45, 7) is 8.86. The summed E-state index contributed by atoms with van der Waals surface area (Å²) >= 11 is 0. The zero-order valence-electron chi connectivity index (χ0n) is 6.72. The molecular formula is C8H16O. The second-order valence-corrected chi connectivity index (χ2v) is 3.55. The van der Waals surface area contributed by atoms with Gasteiger partial charge in [0.1, 0.15) is 0 Å². The van der Waals surface area contributed by atoms with Gasteiger partial charge in [0, 0.05) is 0 Å². The molecule has 0 amide bonds. The second-order valence-electron chi connectivity index (χ2n) is 3.55. The lowest BCUT2D eigenvalue weighted by molar-refractivity contribution is 0.313.